The highest BCUT2D eigenvalue weighted by molar-refractivity contribution is 5.90. The number of carboxylic acids is 2. The first-order chi connectivity index (χ1) is 30.6. The summed E-state index contributed by atoms with van der Waals surface area (Å²) in [6.07, 6.45) is -1.56. The van der Waals surface area contributed by atoms with E-state index in [1.807, 2.05) is 126 Å². The zero-order valence-corrected chi connectivity index (χ0v) is 38.1. The third-order valence-electron chi connectivity index (χ3n) is 11.2. The molecule has 0 aromatic heterocycles. The number of amides is 3. The molecule has 15 nitrogen and oxygen atoms in total. The van der Waals surface area contributed by atoms with Gasteiger partial charge in [0.2, 0.25) is 0 Å². The molecule has 0 saturated carbocycles. The summed E-state index contributed by atoms with van der Waals surface area (Å²) in [5.41, 5.74) is 6.56. The van der Waals surface area contributed by atoms with E-state index in [4.69, 9.17) is 23.7 Å². The van der Waals surface area contributed by atoms with Gasteiger partial charge in [-0.2, -0.15) is 0 Å². The Labute approximate surface area is 379 Å². The van der Waals surface area contributed by atoms with Gasteiger partial charge in [0.25, 0.3) is 5.91 Å². The Bertz CT molecular complexity index is 2290. The Morgan fingerprint density at radius 1 is 0.631 bits per heavy atom. The second-order valence-corrected chi connectivity index (χ2v) is 18.5. The number of hydrogen-bond acceptors (Lipinski definition) is 10. The topological polar surface area (TPSA) is 199 Å². The Balaban J connectivity index is 0.000000224. The van der Waals surface area contributed by atoms with Gasteiger partial charge >= 0.3 is 24.1 Å². The molecule has 65 heavy (non-hydrogen) atoms. The molecule has 2 aliphatic carbocycles. The molecule has 0 radical (unpaired) electrons. The number of ether oxygens (including phenoxy) is 5. The van der Waals surface area contributed by atoms with Crippen molar-refractivity contribution in [2.75, 3.05) is 33.0 Å². The van der Waals surface area contributed by atoms with E-state index in [1.165, 1.54) is 0 Å². The molecule has 346 valence electrons. The van der Waals surface area contributed by atoms with E-state index < -0.39 is 65.1 Å². The zero-order chi connectivity index (χ0) is 47.3. The maximum Gasteiger partial charge on any atom is 0.407 e. The molecule has 1 saturated heterocycles. The van der Waals surface area contributed by atoms with Crippen molar-refractivity contribution in [3.8, 4) is 22.3 Å². The predicted octanol–water partition coefficient (Wildman–Crippen LogP) is 7.55. The molecular weight excluding hydrogens is 835 g/mol. The van der Waals surface area contributed by atoms with Gasteiger partial charge in [0.05, 0.1) is 31.0 Å². The Hall–Kier alpha value is -6.29. The Morgan fingerprint density at radius 2 is 0.985 bits per heavy atom. The molecule has 3 aliphatic rings. The first-order valence-electron chi connectivity index (χ1n) is 21.6. The number of carbonyl (C=O) groups is 5. The van der Waals surface area contributed by atoms with E-state index in [2.05, 4.69) is 22.8 Å². The van der Waals surface area contributed by atoms with E-state index in [1.54, 1.807) is 13.8 Å². The van der Waals surface area contributed by atoms with Crippen LogP contribution in [0.4, 0.5) is 9.59 Å². The molecule has 0 spiro atoms. The SMILES string of the molecule is CC(C)(C)OC[C@H](NC(=O)OCC1c2ccccc2-c2ccccc21)C(=O)N1[C@H](C(=O)O)COC1(C)C.CC(C)(C)OC[C@H](NC(=O)OCC1c2ccccc2-c2ccccc21)C(=O)O. The summed E-state index contributed by atoms with van der Waals surface area (Å²) < 4.78 is 27.8. The van der Waals surface area contributed by atoms with Gasteiger partial charge in [-0.05, 0) is 99.9 Å². The van der Waals surface area contributed by atoms with Crippen molar-refractivity contribution in [1.82, 2.24) is 15.5 Å². The number of nitrogens with one attached hydrogen (secondary N) is 2. The lowest BCUT2D eigenvalue weighted by atomic mass is 9.98. The van der Waals surface area contributed by atoms with Crippen molar-refractivity contribution in [1.29, 1.82) is 0 Å². The average molecular weight is 894 g/mol. The van der Waals surface area contributed by atoms with Gasteiger partial charge in [0, 0.05) is 11.8 Å². The van der Waals surface area contributed by atoms with Crippen molar-refractivity contribution in [3.05, 3.63) is 119 Å². The molecule has 4 aromatic rings. The zero-order valence-electron chi connectivity index (χ0n) is 38.1. The first kappa shape index (κ1) is 48.2. The molecule has 4 aromatic carbocycles. The highest BCUT2D eigenvalue weighted by Crippen LogP contribution is 2.45. The largest absolute Gasteiger partial charge is 0.480 e. The number of rotatable bonds is 13. The minimum absolute atomic E-state index is 0.0766. The van der Waals surface area contributed by atoms with Crippen molar-refractivity contribution < 1.29 is 57.9 Å². The molecule has 1 fully saturated rings. The number of benzene rings is 4. The fourth-order valence-electron chi connectivity index (χ4n) is 8.15. The van der Waals surface area contributed by atoms with Crippen molar-refractivity contribution in [3.63, 3.8) is 0 Å². The van der Waals surface area contributed by atoms with Gasteiger partial charge in [0.1, 0.15) is 25.0 Å². The van der Waals surface area contributed by atoms with Crippen molar-refractivity contribution in [2.45, 2.75) is 102 Å². The monoisotopic (exact) mass is 893 g/mol. The lowest BCUT2D eigenvalue weighted by molar-refractivity contribution is -0.158. The maximum atomic E-state index is 13.5. The number of carboxylic acid groups (broad SMARTS) is 2. The van der Waals surface area contributed by atoms with Crippen LogP contribution < -0.4 is 10.6 Å². The van der Waals surface area contributed by atoms with Gasteiger partial charge in [-0.3, -0.25) is 9.69 Å². The van der Waals surface area contributed by atoms with Crippen LogP contribution in [0, 0.1) is 0 Å². The van der Waals surface area contributed by atoms with Gasteiger partial charge in [-0.15, -0.1) is 0 Å². The van der Waals surface area contributed by atoms with Crippen LogP contribution in [0.5, 0.6) is 0 Å². The van der Waals surface area contributed by atoms with Crippen LogP contribution in [0.2, 0.25) is 0 Å². The van der Waals surface area contributed by atoms with Crippen LogP contribution in [0.1, 0.15) is 89.5 Å². The van der Waals surface area contributed by atoms with Crippen LogP contribution in [-0.4, -0.2) is 113 Å². The molecule has 0 bridgehead atoms. The summed E-state index contributed by atoms with van der Waals surface area (Å²) in [4.78, 5) is 63.0. The van der Waals surface area contributed by atoms with Crippen molar-refractivity contribution in [2.24, 2.45) is 0 Å². The minimum atomic E-state index is -1.18. The third-order valence-corrected chi connectivity index (χ3v) is 11.2. The van der Waals surface area contributed by atoms with E-state index in [0.717, 1.165) is 49.4 Å². The minimum Gasteiger partial charge on any atom is -0.480 e. The number of nitrogens with zero attached hydrogens (tertiary/aromatic N) is 1. The number of aliphatic carboxylic acids is 2. The van der Waals surface area contributed by atoms with Crippen molar-refractivity contribution >= 4 is 30.0 Å². The molecule has 15 heteroatoms. The Morgan fingerprint density at radius 3 is 1.34 bits per heavy atom. The number of fused-ring (bicyclic) bond motifs is 6. The van der Waals surface area contributed by atoms with Crippen LogP contribution in [-0.2, 0) is 38.1 Å². The summed E-state index contributed by atoms with van der Waals surface area (Å²) in [6.45, 7) is 13.9. The normalized spacial score (nSPS) is 17.0. The summed E-state index contributed by atoms with van der Waals surface area (Å²) in [5.74, 6) is -3.19. The molecule has 1 heterocycles. The number of carbonyl (C=O) groups excluding carboxylic acids is 3. The molecule has 3 amide bonds. The fraction of sp³-hybridized carbons (Fsp3) is 0.420. The van der Waals surface area contributed by atoms with E-state index in [9.17, 15) is 34.2 Å². The quantitative estimate of drug-likeness (QED) is 0.103. The molecule has 7 rings (SSSR count). The molecule has 4 N–H and O–H groups in total. The summed E-state index contributed by atoms with van der Waals surface area (Å²) >= 11 is 0. The van der Waals surface area contributed by atoms with Gasteiger partial charge in [0.15, 0.2) is 12.1 Å². The van der Waals surface area contributed by atoms with Crippen LogP contribution >= 0.6 is 0 Å². The molecular formula is C50H59N3O12. The highest BCUT2D eigenvalue weighted by Gasteiger charge is 2.49. The van der Waals surface area contributed by atoms with Gasteiger partial charge in [-0.1, -0.05) is 97.1 Å². The molecule has 1 aliphatic heterocycles. The lowest BCUT2D eigenvalue weighted by Crippen LogP contribution is -2.59. The standard InChI is InChI=1S/C28H34N2O7.C22H25NO5/c1-27(2,3)36-15-22(24(31)30-23(25(32)33)16-37-28(30,4)5)29-26(34)35-14-21-19-12-8-6-10-17(19)18-11-7-9-13-20(18)21;1-22(2,3)28-13-19(20(24)25)23-21(26)27-12-18-16-10-6-4-8-14(16)15-9-5-7-11-17(15)18/h6-13,21-23H,14-16H2,1-5H3,(H,29,34)(H,32,33);4-11,18-19H,12-13H2,1-3H3,(H,23,26)(H,24,25)/t22-,23-;19-/m00/s1. The summed E-state index contributed by atoms with van der Waals surface area (Å²) in [7, 11) is 0. The summed E-state index contributed by atoms with van der Waals surface area (Å²) in [6, 6.07) is 28.5. The molecule has 0 unspecified atom stereocenters. The van der Waals surface area contributed by atoms with Gasteiger partial charge in [-0.25, -0.2) is 19.2 Å². The number of alkyl carbamates (subject to hydrolysis) is 2. The van der Waals surface area contributed by atoms with Gasteiger partial charge < -0.3 is 44.5 Å². The molecule has 3 atom stereocenters. The highest BCUT2D eigenvalue weighted by atomic mass is 16.6. The predicted molar refractivity (Wildman–Crippen MR) is 241 cm³/mol. The van der Waals surface area contributed by atoms with E-state index in [-0.39, 0.29) is 44.9 Å². The first-order valence-corrected chi connectivity index (χ1v) is 21.6. The van der Waals surface area contributed by atoms with E-state index >= 15 is 0 Å². The number of hydrogen-bond donors (Lipinski definition) is 4. The van der Waals surface area contributed by atoms with Crippen LogP contribution in [0.15, 0.2) is 97.1 Å². The second-order valence-electron chi connectivity index (χ2n) is 18.5. The smallest absolute Gasteiger partial charge is 0.407 e. The second kappa shape index (κ2) is 19.8. The summed E-state index contributed by atoms with van der Waals surface area (Å²) in [5, 5.41) is 23.9. The Kier molecular flexibility index (Phi) is 14.7. The van der Waals surface area contributed by atoms with E-state index in [0.29, 0.717) is 0 Å². The fourth-order valence-corrected chi connectivity index (χ4v) is 8.15. The third kappa shape index (κ3) is 11.7. The average Bonchev–Trinajstić information content (AvgIpc) is 3.87. The van der Waals surface area contributed by atoms with Crippen LogP contribution in [0.25, 0.3) is 22.3 Å². The van der Waals surface area contributed by atoms with Crippen LogP contribution in [0.3, 0.4) is 0 Å². The lowest BCUT2D eigenvalue weighted by Gasteiger charge is -2.35. The maximum absolute atomic E-state index is 13.5.